The molecule has 0 bridgehead atoms. The maximum atomic E-state index is 9.90. The lowest BCUT2D eigenvalue weighted by Crippen LogP contribution is -2.28. The van der Waals surface area contributed by atoms with Crippen molar-refractivity contribution in [2.45, 2.75) is 12.6 Å². The van der Waals surface area contributed by atoms with E-state index in [2.05, 4.69) is 5.32 Å². The third-order valence-electron chi connectivity index (χ3n) is 1.02. The molecule has 44 valence electrons. The van der Waals surface area contributed by atoms with Gasteiger partial charge in [-0.3, -0.25) is 10.1 Å². The lowest BCUT2D eigenvalue weighted by atomic mass is 10.4. The normalized spacial score (nSPS) is 25.2. The van der Waals surface area contributed by atoms with Crippen molar-refractivity contribution in [2.24, 2.45) is 0 Å². The van der Waals surface area contributed by atoms with Crippen LogP contribution in [0.3, 0.4) is 0 Å². The van der Waals surface area contributed by atoms with Crippen LogP contribution in [0.25, 0.3) is 0 Å². The second kappa shape index (κ2) is 1.81. The molecular weight excluding hydrogens is 108 g/mol. The summed E-state index contributed by atoms with van der Waals surface area (Å²) in [4.78, 5) is 9.57. The molecule has 0 aromatic heterocycles. The van der Waals surface area contributed by atoms with Gasteiger partial charge in [-0.1, -0.05) is 6.08 Å². The summed E-state index contributed by atoms with van der Waals surface area (Å²) < 4.78 is 0. The van der Waals surface area contributed by atoms with E-state index in [0.29, 0.717) is 6.42 Å². The van der Waals surface area contributed by atoms with E-state index < -0.39 is 6.17 Å². The summed E-state index contributed by atoms with van der Waals surface area (Å²) in [5.74, 6) is 0. The van der Waals surface area contributed by atoms with Crippen LogP contribution in [-0.2, 0) is 0 Å². The molecule has 1 heterocycles. The molecule has 0 fully saturated rings. The highest BCUT2D eigenvalue weighted by Crippen LogP contribution is 1.99. The predicted octanol–water partition coefficient (Wildman–Crippen LogP) is 0.0962. The first-order valence-corrected chi connectivity index (χ1v) is 2.35. The largest absolute Gasteiger partial charge is 0.330 e. The van der Waals surface area contributed by atoms with Crippen molar-refractivity contribution in [3.8, 4) is 0 Å². The molecule has 0 aromatic rings. The fraction of sp³-hybridized carbons (Fsp3) is 0.500. The fourth-order valence-corrected chi connectivity index (χ4v) is 0.591. The molecule has 0 aromatic carbocycles. The van der Waals surface area contributed by atoms with Gasteiger partial charge in [0.05, 0.1) is 6.42 Å². The third kappa shape index (κ3) is 0.776. The van der Waals surface area contributed by atoms with Crippen molar-refractivity contribution in [2.75, 3.05) is 0 Å². The number of nitrogens with one attached hydrogen (secondary N) is 1. The number of hydrogen-bond donors (Lipinski definition) is 1. The smallest absolute Gasteiger partial charge is 0.287 e. The number of rotatable bonds is 1. The average molecular weight is 114 g/mol. The van der Waals surface area contributed by atoms with E-state index in [1.807, 2.05) is 0 Å². The van der Waals surface area contributed by atoms with Gasteiger partial charge < -0.3 is 5.32 Å². The van der Waals surface area contributed by atoms with Gasteiger partial charge in [0.25, 0.3) is 6.17 Å². The number of nitrogens with zero attached hydrogens (tertiary/aromatic N) is 1. The van der Waals surface area contributed by atoms with E-state index in [0.717, 1.165) is 0 Å². The molecule has 1 rings (SSSR count). The summed E-state index contributed by atoms with van der Waals surface area (Å²) >= 11 is 0. The first-order valence-electron chi connectivity index (χ1n) is 2.35. The van der Waals surface area contributed by atoms with E-state index in [1.54, 1.807) is 12.3 Å². The van der Waals surface area contributed by atoms with Gasteiger partial charge >= 0.3 is 0 Å². The van der Waals surface area contributed by atoms with E-state index >= 15 is 0 Å². The Morgan fingerprint density at radius 1 is 1.88 bits per heavy atom. The maximum Gasteiger partial charge on any atom is 0.287 e. The van der Waals surface area contributed by atoms with Crippen LogP contribution in [0.15, 0.2) is 12.3 Å². The Morgan fingerprint density at radius 3 is 2.88 bits per heavy atom. The fourth-order valence-electron chi connectivity index (χ4n) is 0.591. The van der Waals surface area contributed by atoms with Gasteiger partial charge in [-0.05, 0) is 6.20 Å². The van der Waals surface area contributed by atoms with Crippen molar-refractivity contribution in [3.63, 3.8) is 0 Å². The van der Waals surface area contributed by atoms with Gasteiger partial charge in [-0.2, -0.15) is 0 Å². The topological polar surface area (TPSA) is 55.2 Å². The van der Waals surface area contributed by atoms with Gasteiger partial charge in [0.15, 0.2) is 0 Å². The molecule has 1 unspecified atom stereocenters. The average Bonchev–Trinajstić information content (AvgIpc) is 2.12. The second-order valence-corrected chi connectivity index (χ2v) is 1.61. The maximum absolute atomic E-state index is 9.90. The van der Waals surface area contributed by atoms with Crippen molar-refractivity contribution in [1.82, 2.24) is 5.32 Å². The molecule has 1 atom stereocenters. The van der Waals surface area contributed by atoms with E-state index in [1.165, 1.54) is 0 Å². The Bertz CT molecular complexity index is 124. The molecule has 0 radical (unpaired) electrons. The van der Waals surface area contributed by atoms with Crippen LogP contribution in [-0.4, -0.2) is 11.1 Å². The Labute approximate surface area is 46.3 Å². The Kier molecular flexibility index (Phi) is 1.15. The standard InChI is InChI=1S/C4H6N2O2/c7-6(8)4-2-1-3-5-4/h1,3-5H,2H2. The number of hydrogen-bond acceptors (Lipinski definition) is 3. The molecule has 0 amide bonds. The van der Waals surface area contributed by atoms with Crippen molar-refractivity contribution < 1.29 is 4.92 Å². The summed E-state index contributed by atoms with van der Waals surface area (Å²) in [6.07, 6.45) is 3.28. The zero-order chi connectivity index (χ0) is 5.98. The summed E-state index contributed by atoms with van der Waals surface area (Å²) in [6.45, 7) is 0. The van der Waals surface area contributed by atoms with E-state index in [9.17, 15) is 10.1 Å². The Balaban J connectivity index is 2.41. The molecule has 8 heavy (non-hydrogen) atoms. The van der Waals surface area contributed by atoms with Gasteiger partial charge in [-0.25, -0.2) is 0 Å². The molecule has 0 aliphatic carbocycles. The highest BCUT2D eigenvalue weighted by atomic mass is 16.6. The quantitative estimate of drug-likeness (QED) is 0.388. The van der Waals surface area contributed by atoms with E-state index in [4.69, 9.17) is 0 Å². The van der Waals surface area contributed by atoms with Crippen LogP contribution in [0.5, 0.6) is 0 Å². The van der Waals surface area contributed by atoms with Gasteiger partial charge in [0.1, 0.15) is 0 Å². The predicted molar refractivity (Wildman–Crippen MR) is 27.7 cm³/mol. The van der Waals surface area contributed by atoms with Crippen LogP contribution < -0.4 is 5.32 Å². The van der Waals surface area contributed by atoms with Crippen molar-refractivity contribution in [3.05, 3.63) is 22.4 Å². The summed E-state index contributed by atoms with van der Waals surface area (Å²) in [6, 6.07) is 0. The molecule has 4 nitrogen and oxygen atoms in total. The van der Waals surface area contributed by atoms with Crippen molar-refractivity contribution in [1.29, 1.82) is 0 Å². The summed E-state index contributed by atoms with van der Waals surface area (Å²) in [5.41, 5.74) is 0. The van der Waals surface area contributed by atoms with Crippen LogP contribution in [0.4, 0.5) is 0 Å². The Hall–Kier alpha value is -1.06. The molecule has 0 saturated carbocycles. The molecule has 1 aliphatic heterocycles. The summed E-state index contributed by atoms with van der Waals surface area (Å²) in [5, 5.41) is 12.5. The zero-order valence-electron chi connectivity index (χ0n) is 4.20. The lowest BCUT2D eigenvalue weighted by Gasteiger charge is -1.98. The van der Waals surface area contributed by atoms with Crippen LogP contribution in [0, 0.1) is 10.1 Å². The van der Waals surface area contributed by atoms with Crippen LogP contribution in [0.2, 0.25) is 0 Å². The molecular formula is C4H6N2O2. The minimum atomic E-state index is -0.574. The molecule has 0 spiro atoms. The van der Waals surface area contributed by atoms with Gasteiger partial charge in [-0.15, -0.1) is 0 Å². The highest BCUT2D eigenvalue weighted by molar-refractivity contribution is 4.90. The highest BCUT2D eigenvalue weighted by Gasteiger charge is 2.18. The first-order chi connectivity index (χ1) is 3.80. The summed E-state index contributed by atoms with van der Waals surface area (Å²) in [7, 11) is 0. The minimum Gasteiger partial charge on any atom is -0.330 e. The lowest BCUT2D eigenvalue weighted by molar-refractivity contribution is -0.525. The molecule has 0 saturated heterocycles. The monoisotopic (exact) mass is 114 g/mol. The number of nitro groups is 1. The third-order valence-corrected chi connectivity index (χ3v) is 1.02. The molecule has 1 aliphatic rings. The van der Waals surface area contributed by atoms with Gasteiger partial charge in [0.2, 0.25) is 0 Å². The molecule has 1 N–H and O–H groups in total. The SMILES string of the molecule is O=[N+]([O-])C1CC=CN1. The zero-order valence-corrected chi connectivity index (χ0v) is 4.20. The minimum absolute atomic E-state index is 0.333. The Morgan fingerprint density at radius 2 is 2.62 bits per heavy atom. The van der Waals surface area contributed by atoms with Crippen LogP contribution in [0.1, 0.15) is 6.42 Å². The molecule has 4 heteroatoms. The first kappa shape index (κ1) is 5.08. The van der Waals surface area contributed by atoms with E-state index in [-0.39, 0.29) is 4.92 Å². The van der Waals surface area contributed by atoms with Crippen molar-refractivity contribution >= 4 is 0 Å². The van der Waals surface area contributed by atoms with Crippen LogP contribution >= 0.6 is 0 Å². The second-order valence-electron chi connectivity index (χ2n) is 1.61. The van der Waals surface area contributed by atoms with Gasteiger partial charge in [0, 0.05) is 4.92 Å².